The molecule has 132 valence electrons. The number of hydrogen-bond donors (Lipinski definition) is 2. The first kappa shape index (κ1) is 17.6. The minimum atomic E-state index is -0.192. The number of aryl methyl sites for hydroxylation is 1. The highest BCUT2D eigenvalue weighted by Gasteiger charge is 2.08. The van der Waals surface area contributed by atoms with E-state index >= 15 is 0 Å². The van der Waals surface area contributed by atoms with Crippen molar-refractivity contribution < 1.29 is 4.79 Å². The van der Waals surface area contributed by atoms with E-state index in [-0.39, 0.29) is 5.91 Å². The monoisotopic (exact) mass is 346 g/mol. The summed E-state index contributed by atoms with van der Waals surface area (Å²) in [5.74, 6) is 0.256. The summed E-state index contributed by atoms with van der Waals surface area (Å²) in [5.41, 5.74) is 3.93. The molecule has 0 aliphatic rings. The molecule has 0 spiro atoms. The summed E-state index contributed by atoms with van der Waals surface area (Å²) in [6.45, 7) is 3.25. The SMILES string of the molecule is Cc1ccccc1CNc1nccc(C(=O)NCCc2ccccc2)n1. The van der Waals surface area contributed by atoms with Gasteiger partial charge in [0, 0.05) is 19.3 Å². The van der Waals surface area contributed by atoms with Gasteiger partial charge in [0.25, 0.3) is 5.91 Å². The van der Waals surface area contributed by atoms with Crippen molar-refractivity contribution in [1.82, 2.24) is 15.3 Å². The first-order valence-electron chi connectivity index (χ1n) is 8.66. The van der Waals surface area contributed by atoms with E-state index in [4.69, 9.17) is 0 Å². The van der Waals surface area contributed by atoms with Crippen LogP contribution in [0.25, 0.3) is 0 Å². The van der Waals surface area contributed by atoms with Crippen molar-refractivity contribution in [2.75, 3.05) is 11.9 Å². The average Bonchev–Trinajstić information content (AvgIpc) is 2.68. The topological polar surface area (TPSA) is 66.9 Å². The van der Waals surface area contributed by atoms with Crippen LogP contribution in [0.4, 0.5) is 5.95 Å². The predicted octanol–water partition coefficient (Wildman–Crippen LogP) is 3.37. The molecule has 1 amide bonds. The van der Waals surface area contributed by atoms with Crippen molar-refractivity contribution in [1.29, 1.82) is 0 Å². The Labute approximate surface area is 153 Å². The molecule has 0 fully saturated rings. The molecule has 0 aliphatic carbocycles. The lowest BCUT2D eigenvalue weighted by atomic mass is 10.1. The summed E-state index contributed by atoms with van der Waals surface area (Å²) in [4.78, 5) is 20.8. The normalized spacial score (nSPS) is 10.3. The molecular formula is C21H22N4O. The van der Waals surface area contributed by atoms with Crippen molar-refractivity contribution in [3.8, 4) is 0 Å². The number of anilines is 1. The number of carbonyl (C=O) groups is 1. The van der Waals surface area contributed by atoms with Crippen LogP contribution < -0.4 is 10.6 Å². The lowest BCUT2D eigenvalue weighted by Crippen LogP contribution is -2.26. The summed E-state index contributed by atoms with van der Waals surface area (Å²) in [5, 5.41) is 6.08. The summed E-state index contributed by atoms with van der Waals surface area (Å²) < 4.78 is 0. The van der Waals surface area contributed by atoms with E-state index in [1.807, 2.05) is 42.5 Å². The average molecular weight is 346 g/mol. The summed E-state index contributed by atoms with van der Waals surface area (Å²) >= 11 is 0. The van der Waals surface area contributed by atoms with Crippen molar-refractivity contribution in [3.63, 3.8) is 0 Å². The number of nitrogens with zero attached hydrogens (tertiary/aromatic N) is 2. The maximum atomic E-state index is 12.3. The molecule has 1 aromatic heterocycles. The zero-order chi connectivity index (χ0) is 18.2. The predicted molar refractivity (Wildman–Crippen MR) is 103 cm³/mol. The molecule has 5 heteroatoms. The Kier molecular flexibility index (Phi) is 5.93. The number of aromatic nitrogens is 2. The number of carbonyl (C=O) groups excluding carboxylic acids is 1. The second-order valence-corrected chi connectivity index (χ2v) is 6.04. The maximum Gasteiger partial charge on any atom is 0.270 e. The molecule has 0 saturated heterocycles. The second kappa shape index (κ2) is 8.76. The molecule has 5 nitrogen and oxygen atoms in total. The first-order valence-corrected chi connectivity index (χ1v) is 8.66. The molecule has 2 N–H and O–H groups in total. The molecule has 0 atom stereocenters. The van der Waals surface area contributed by atoms with Gasteiger partial charge in [0.05, 0.1) is 0 Å². The van der Waals surface area contributed by atoms with E-state index in [2.05, 4.69) is 39.7 Å². The molecule has 0 bridgehead atoms. The zero-order valence-electron chi connectivity index (χ0n) is 14.8. The van der Waals surface area contributed by atoms with Crippen molar-refractivity contribution in [3.05, 3.63) is 89.2 Å². The van der Waals surface area contributed by atoms with Crippen LogP contribution in [0.2, 0.25) is 0 Å². The van der Waals surface area contributed by atoms with E-state index < -0.39 is 0 Å². The van der Waals surface area contributed by atoms with Crippen molar-refractivity contribution in [2.24, 2.45) is 0 Å². The smallest absolute Gasteiger partial charge is 0.270 e. The Morgan fingerprint density at radius 3 is 2.58 bits per heavy atom. The van der Waals surface area contributed by atoms with Crippen LogP contribution in [-0.4, -0.2) is 22.4 Å². The molecular weight excluding hydrogens is 324 g/mol. The van der Waals surface area contributed by atoms with Gasteiger partial charge in [-0.1, -0.05) is 54.6 Å². The Morgan fingerprint density at radius 1 is 1.00 bits per heavy atom. The third-order valence-electron chi connectivity index (χ3n) is 4.13. The number of hydrogen-bond acceptors (Lipinski definition) is 4. The largest absolute Gasteiger partial charge is 0.350 e. The van der Waals surface area contributed by atoms with Gasteiger partial charge in [0.2, 0.25) is 5.95 Å². The fourth-order valence-electron chi connectivity index (χ4n) is 2.61. The van der Waals surface area contributed by atoms with Crippen molar-refractivity contribution >= 4 is 11.9 Å². The van der Waals surface area contributed by atoms with Crippen LogP contribution in [0.1, 0.15) is 27.2 Å². The quantitative estimate of drug-likeness (QED) is 0.688. The second-order valence-electron chi connectivity index (χ2n) is 6.04. The van der Waals surface area contributed by atoms with E-state index in [0.29, 0.717) is 24.7 Å². The molecule has 3 aromatic rings. The van der Waals surface area contributed by atoms with Gasteiger partial charge >= 0.3 is 0 Å². The first-order chi connectivity index (χ1) is 12.7. The van der Waals surface area contributed by atoms with Crippen LogP contribution in [0.15, 0.2) is 66.9 Å². The third-order valence-corrected chi connectivity index (χ3v) is 4.13. The maximum absolute atomic E-state index is 12.3. The van der Waals surface area contributed by atoms with Gasteiger partial charge in [-0.25, -0.2) is 9.97 Å². The van der Waals surface area contributed by atoms with Crippen LogP contribution in [0, 0.1) is 6.92 Å². The Bertz CT molecular complexity index is 865. The van der Waals surface area contributed by atoms with Crippen molar-refractivity contribution in [2.45, 2.75) is 19.9 Å². The van der Waals surface area contributed by atoms with Crippen LogP contribution in [-0.2, 0) is 13.0 Å². The van der Waals surface area contributed by atoms with Gasteiger partial charge in [-0.2, -0.15) is 0 Å². The van der Waals surface area contributed by atoms with E-state index in [1.165, 1.54) is 16.7 Å². The summed E-state index contributed by atoms with van der Waals surface area (Å²) in [7, 11) is 0. The molecule has 0 unspecified atom stereocenters. The van der Waals surface area contributed by atoms with E-state index in [1.54, 1.807) is 12.3 Å². The Morgan fingerprint density at radius 2 is 1.77 bits per heavy atom. The van der Waals surface area contributed by atoms with Gasteiger partial charge in [-0.05, 0) is 36.1 Å². The zero-order valence-corrected chi connectivity index (χ0v) is 14.8. The third kappa shape index (κ3) is 4.89. The van der Waals surface area contributed by atoms with Gasteiger partial charge in [0.1, 0.15) is 5.69 Å². The summed E-state index contributed by atoms with van der Waals surface area (Å²) in [6, 6.07) is 19.8. The minimum absolute atomic E-state index is 0.192. The number of amides is 1. The molecule has 1 heterocycles. The van der Waals surface area contributed by atoms with E-state index in [0.717, 1.165) is 6.42 Å². The standard InChI is InChI=1S/C21H22N4O/c1-16-7-5-6-10-18(16)15-24-21-23-14-12-19(25-21)20(26)22-13-11-17-8-3-2-4-9-17/h2-10,12,14H,11,13,15H2,1H3,(H,22,26)(H,23,24,25). The Balaban J connectivity index is 1.54. The molecule has 3 rings (SSSR count). The number of benzene rings is 2. The van der Waals surface area contributed by atoms with Crippen LogP contribution in [0.3, 0.4) is 0 Å². The fraction of sp³-hybridized carbons (Fsp3) is 0.190. The lowest BCUT2D eigenvalue weighted by molar-refractivity contribution is 0.0949. The van der Waals surface area contributed by atoms with Gasteiger partial charge in [0.15, 0.2) is 0 Å². The molecule has 0 aliphatic heterocycles. The number of nitrogens with one attached hydrogen (secondary N) is 2. The molecule has 26 heavy (non-hydrogen) atoms. The highest BCUT2D eigenvalue weighted by Crippen LogP contribution is 2.09. The van der Waals surface area contributed by atoms with Gasteiger partial charge < -0.3 is 10.6 Å². The Hall–Kier alpha value is -3.21. The van der Waals surface area contributed by atoms with Gasteiger partial charge in [-0.15, -0.1) is 0 Å². The molecule has 0 radical (unpaired) electrons. The molecule has 0 saturated carbocycles. The highest BCUT2D eigenvalue weighted by molar-refractivity contribution is 5.92. The van der Waals surface area contributed by atoms with Crippen LogP contribution in [0.5, 0.6) is 0 Å². The molecule has 2 aromatic carbocycles. The fourth-order valence-corrected chi connectivity index (χ4v) is 2.61. The minimum Gasteiger partial charge on any atom is -0.350 e. The van der Waals surface area contributed by atoms with Crippen LogP contribution >= 0.6 is 0 Å². The number of rotatable bonds is 7. The lowest BCUT2D eigenvalue weighted by Gasteiger charge is -2.09. The highest BCUT2D eigenvalue weighted by atomic mass is 16.1. The van der Waals surface area contributed by atoms with E-state index in [9.17, 15) is 4.79 Å². The summed E-state index contributed by atoms with van der Waals surface area (Å²) in [6.07, 6.45) is 2.38. The van der Waals surface area contributed by atoms with Gasteiger partial charge in [-0.3, -0.25) is 4.79 Å².